The lowest BCUT2D eigenvalue weighted by Crippen LogP contribution is -2.56. The van der Waals surface area contributed by atoms with Crippen molar-refractivity contribution >= 4 is 12.0 Å². The molecule has 3 N–H and O–H groups in total. The molecule has 5 heteroatoms. The lowest BCUT2D eigenvalue weighted by atomic mass is 9.96. The van der Waals surface area contributed by atoms with Gasteiger partial charge < -0.3 is 15.7 Å². The Kier molecular flexibility index (Phi) is 4.46. The smallest absolute Gasteiger partial charge is 0.329 e. The number of carboxylic acid groups (broad SMARTS) is 1. The first kappa shape index (κ1) is 15.4. The van der Waals surface area contributed by atoms with E-state index in [0.29, 0.717) is 0 Å². The fraction of sp³-hybridized carbons (Fsp3) is 0.714. The summed E-state index contributed by atoms with van der Waals surface area (Å²) in [5, 5.41) is 14.3. The number of rotatable bonds is 4. The quantitative estimate of drug-likeness (QED) is 0.676. The summed E-state index contributed by atoms with van der Waals surface area (Å²) in [6, 6.07) is -0.486. The van der Waals surface area contributed by atoms with Crippen LogP contribution in [0.3, 0.4) is 0 Å². The maximum atomic E-state index is 11.7. The molecular weight excluding hydrogens is 244 g/mol. The van der Waals surface area contributed by atoms with E-state index in [1.54, 1.807) is 6.92 Å². The van der Waals surface area contributed by atoms with E-state index in [9.17, 15) is 14.7 Å². The van der Waals surface area contributed by atoms with E-state index < -0.39 is 17.5 Å². The third kappa shape index (κ3) is 4.82. The van der Waals surface area contributed by atoms with Gasteiger partial charge in [-0.1, -0.05) is 11.8 Å². The molecule has 5 nitrogen and oxygen atoms in total. The van der Waals surface area contributed by atoms with Gasteiger partial charge in [0.1, 0.15) is 5.54 Å². The zero-order chi connectivity index (χ0) is 14.7. The summed E-state index contributed by atoms with van der Waals surface area (Å²) in [5.74, 6) is 4.87. The molecule has 2 amide bonds. The fourth-order valence-corrected chi connectivity index (χ4v) is 1.70. The topological polar surface area (TPSA) is 78.4 Å². The SMILES string of the molecule is CC(C)(C)C#CCNC(=O)NC(C)(C(=O)O)C1CC1. The van der Waals surface area contributed by atoms with Crippen LogP contribution in [0.15, 0.2) is 0 Å². The summed E-state index contributed by atoms with van der Waals surface area (Å²) in [6.45, 7) is 7.70. The molecule has 0 aromatic heterocycles. The van der Waals surface area contributed by atoms with Gasteiger partial charge in [-0.15, -0.1) is 0 Å². The van der Waals surface area contributed by atoms with E-state index in [0.717, 1.165) is 12.8 Å². The zero-order valence-electron chi connectivity index (χ0n) is 12.0. The van der Waals surface area contributed by atoms with Crippen LogP contribution in [0, 0.1) is 23.2 Å². The van der Waals surface area contributed by atoms with Gasteiger partial charge in [-0.05, 0) is 46.5 Å². The highest BCUT2D eigenvalue weighted by Gasteiger charge is 2.48. The van der Waals surface area contributed by atoms with Crippen LogP contribution in [-0.4, -0.2) is 29.2 Å². The first-order valence-electron chi connectivity index (χ1n) is 6.44. The Morgan fingerprint density at radius 3 is 2.26 bits per heavy atom. The van der Waals surface area contributed by atoms with Crippen molar-refractivity contribution in [1.82, 2.24) is 10.6 Å². The number of hydrogen-bond donors (Lipinski definition) is 3. The molecule has 0 heterocycles. The van der Waals surface area contributed by atoms with Crippen LogP contribution in [0.25, 0.3) is 0 Å². The minimum absolute atomic E-state index is 0.0245. The Bertz CT molecular complexity index is 424. The number of aliphatic carboxylic acids is 1. The maximum Gasteiger partial charge on any atom is 0.329 e. The monoisotopic (exact) mass is 266 g/mol. The van der Waals surface area contributed by atoms with Crippen LogP contribution in [0.2, 0.25) is 0 Å². The molecule has 1 atom stereocenters. The molecule has 19 heavy (non-hydrogen) atoms. The Labute approximate surface area is 114 Å². The summed E-state index contributed by atoms with van der Waals surface area (Å²) in [7, 11) is 0. The van der Waals surface area contributed by atoms with Gasteiger partial charge in [-0.3, -0.25) is 0 Å². The summed E-state index contributed by atoms with van der Waals surface area (Å²) in [6.07, 6.45) is 1.68. The number of nitrogens with one attached hydrogen (secondary N) is 2. The van der Waals surface area contributed by atoms with Crippen molar-refractivity contribution in [2.45, 2.75) is 46.1 Å². The van der Waals surface area contributed by atoms with Crippen LogP contribution >= 0.6 is 0 Å². The minimum atomic E-state index is -1.18. The highest BCUT2D eigenvalue weighted by atomic mass is 16.4. The molecule has 0 bridgehead atoms. The van der Waals surface area contributed by atoms with E-state index in [2.05, 4.69) is 22.5 Å². The zero-order valence-corrected chi connectivity index (χ0v) is 12.0. The van der Waals surface area contributed by atoms with E-state index in [1.165, 1.54) is 0 Å². The predicted molar refractivity (Wildman–Crippen MR) is 72.5 cm³/mol. The van der Waals surface area contributed by atoms with E-state index in [1.807, 2.05) is 20.8 Å². The second kappa shape index (κ2) is 5.52. The van der Waals surface area contributed by atoms with Crippen LogP contribution in [0.4, 0.5) is 4.79 Å². The van der Waals surface area contributed by atoms with Crippen molar-refractivity contribution < 1.29 is 14.7 Å². The van der Waals surface area contributed by atoms with Crippen LogP contribution < -0.4 is 10.6 Å². The highest BCUT2D eigenvalue weighted by molar-refractivity contribution is 5.86. The van der Waals surface area contributed by atoms with Gasteiger partial charge in [0.15, 0.2) is 0 Å². The van der Waals surface area contributed by atoms with Crippen molar-refractivity contribution in [2.24, 2.45) is 11.3 Å². The third-order valence-corrected chi connectivity index (χ3v) is 3.01. The molecular formula is C14H22N2O3. The van der Waals surface area contributed by atoms with Gasteiger partial charge in [-0.25, -0.2) is 9.59 Å². The molecule has 0 aromatic rings. The van der Waals surface area contributed by atoms with E-state index in [4.69, 9.17) is 0 Å². The number of urea groups is 1. The van der Waals surface area contributed by atoms with Gasteiger partial charge >= 0.3 is 12.0 Å². The standard InChI is InChI=1S/C14H22N2O3/c1-13(2,3)8-5-9-15-12(19)16-14(4,11(17)18)10-6-7-10/h10H,6-7,9H2,1-4H3,(H,17,18)(H2,15,16,19). The molecule has 1 fully saturated rings. The summed E-state index contributed by atoms with van der Waals surface area (Å²) in [4.78, 5) is 22.9. The molecule has 0 aliphatic heterocycles. The Hall–Kier alpha value is -1.70. The molecule has 0 spiro atoms. The normalized spacial score (nSPS) is 17.7. The predicted octanol–water partition coefficient (Wildman–Crippen LogP) is 1.59. The Balaban J connectivity index is 2.46. The van der Waals surface area contributed by atoms with Crippen molar-refractivity contribution in [1.29, 1.82) is 0 Å². The molecule has 0 aromatic carbocycles. The molecule has 1 rings (SSSR count). The second-order valence-corrected chi connectivity index (χ2v) is 6.14. The van der Waals surface area contributed by atoms with Gasteiger partial charge in [0, 0.05) is 5.41 Å². The van der Waals surface area contributed by atoms with Gasteiger partial charge in [-0.2, -0.15) is 0 Å². The number of amides is 2. The first-order chi connectivity index (χ1) is 8.65. The number of carboxylic acids is 1. The van der Waals surface area contributed by atoms with Crippen LogP contribution in [-0.2, 0) is 4.79 Å². The minimum Gasteiger partial charge on any atom is -0.480 e. The molecule has 0 radical (unpaired) electrons. The van der Waals surface area contributed by atoms with Gasteiger partial charge in [0.2, 0.25) is 0 Å². The molecule has 1 saturated carbocycles. The van der Waals surface area contributed by atoms with E-state index >= 15 is 0 Å². The largest absolute Gasteiger partial charge is 0.480 e. The molecule has 1 aliphatic rings. The van der Waals surface area contributed by atoms with Crippen molar-refractivity contribution in [3.8, 4) is 11.8 Å². The number of carbonyl (C=O) groups is 2. The van der Waals surface area contributed by atoms with Crippen molar-refractivity contribution in [2.75, 3.05) is 6.54 Å². The molecule has 1 aliphatic carbocycles. The summed E-state index contributed by atoms with van der Waals surface area (Å²) in [5.41, 5.74) is -1.29. The molecule has 106 valence electrons. The lowest BCUT2D eigenvalue weighted by Gasteiger charge is -2.25. The van der Waals surface area contributed by atoms with E-state index in [-0.39, 0.29) is 17.9 Å². The lowest BCUT2D eigenvalue weighted by molar-refractivity contribution is -0.144. The van der Waals surface area contributed by atoms with Crippen LogP contribution in [0.1, 0.15) is 40.5 Å². The van der Waals surface area contributed by atoms with Gasteiger partial charge in [0.05, 0.1) is 6.54 Å². The fourth-order valence-electron chi connectivity index (χ4n) is 1.70. The molecule has 0 saturated heterocycles. The van der Waals surface area contributed by atoms with Gasteiger partial charge in [0.25, 0.3) is 0 Å². The Morgan fingerprint density at radius 1 is 1.26 bits per heavy atom. The molecule has 1 unspecified atom stereocenters. The maximum absolute atomic E-state index is 11.7. The second-order valence-electron chi connectivity index (χ2n) is 6.14. The highest BCUT2D eigenvalue weighted by Crippen LogP contribution is 2.39. The first-order valence-corrected chi connectivity index (χ1v) is 6.44. The number of carbonyl (C=O) groups excluding carboxylic acids is 1. The summed E-state index contributed by atoms with van der Waals surface area (Å²) >= 11 is 0. The number of hydrogen-bond acceptors (Lipinski definition) is 2. The van der Waals surface area contributed by atoms with Crippen molar-refractivity contribution in [3.63, 3.8) is 0 Å². The third-order valence-electron chi connectivity index (χ3n) is 3.01. The average molecular weight is 266 g/mol. The van der Waals surface area contributed by atoms with Crippen LogP contribution in [0.5, 0.6) is 0 Å². The average Bonchev–Trinajstić information content (AvgIpc) is 3.06. The Morgan fingerprint density at radius 2 is 1.84 bits per heavy atom. The summed E-state index contributed by atoms with van der Waals surface area (Å²) < 4.78 is 0. The van der Waals surface area contributed by atoms with Crippen molar-refractivity contribution in [3.05, 3.63) is 0 Å².